The van der Waals surface area contributed by atoms with Crippen molar-refractivity contribution >= 4 is 16.9 Å². The Morgan fingerprint density at radius 3 is 2.81 bits per heavy atom. The minimum atomic E-state index is -0.269. The molecule has 0 fully saturated rings. The fraction of sp³-hybridized carbons (Fsp3) is 0.316. The van der Waals surface area contributed by atoms with E-state index in [0.29, 0.717) is 53.3 Å². The van der Waals surface area contributed by atoms with Gasteiger partial charge in [-0.3, -0.25) is 14.4 Å². The normalized spacial score (nSPS) is 13.6. The number of carbonyl (C=O) groups is 1. The lowest BCUT2D eigenvalue weighted by Gasteiger charge is -2.27. The quantitative estimate of drug-likeness (QED) is 0.714. The number of aromatic nitrogens is 4. The zero-order chi connectivity index (χ0) is 19.0. The summed E-state index contributed by atoms with van der Waals surface area (Å²) in [6.07, 6.45) is 0.939. The van der Waals surface area contributed by atoms with Gasteiger partial charge in [0.15, 0.2) is 0 Å². The van der Waals surface area contributed by atoms with E-state index in [9.17, 15) is 14.4 Å². The molecule has 1 aromatic carbocycles. The third-order valence-corrected chi connectivity index (χ3v) is 4.79. The molecule has 0 saturated heterocycles. The van der Waals surface area contributed by atoms with Crippen LogP contribution in [0.4, 0.5) is 0 Å². The van der Waals surface area contributed by atoms with Gasteiger partial charge in [0.05, 0.1) is 23.3 Å². The maximum Gasteiger partial charge on any atom is 0.270 e. The van der Waals surface area contributed by atoms with Crippen LogP contribution in [0.1, 0.15) is 29.2 Å². The molecular formula is C19H19N5O3. The van der Waals surface area contributed by atoms with Crippen LogP contribution in [0.3, 0.4) is 0 Å². The van der Waals surface area contributed by atoms with Crippen molar-refractivity contribution in [3.63, 3.8) is 0 Å². The number of fused-ring (bicyclic) bond motifs is 2. The summed E-state index contributed by atoms with van der Waals surface area (Å²) in [7, 11) is 0. The largest absolute Gasteiger partial charge is 0.336 e. The summed E-state index contributed by atoms with van der Waals surface area (Å²) in [6, 6.07) is 7.30. The van der Waals surface area contributed by atoms with Crippen LogP contribution in [0.2, 0.25) is 0 Å². The van der Waals surface area contributed by atoms with Gasteiger partial charge >= 0.3 is 0 Å². The number of aryl methyl sites for hydroxylation is 2. The molecule has 1 amide bonds. The standard InChI is InChI=1S/C19H19N5O3/c1-11-20-16-10-24(9-8-12(16)18(26)21-11)17(25)7-6-15-19(27)23-14-5-3-2-4-13(14)22-15/h2-5H,6-10H2,1H3,(H,23,27)(H,20,21,26). The summed E-state index contributed by atoms with van der Waals surface area (Å²) in [6.45, 7) is 2.52. The molecule has 0 aliphatic carbocycles. The maximum atomic E-state index is 12.6. The number of nitrogens with zero attached hydrogens (tertiary/aromatic N) is 3. The van der Waals surface area contributed by atoms with Crippen molar-refractivity contribution in [3.05, 3.63) is 67.7 Å². The molecule has 1 aliphatic rings. The number of amides is 1. The Kier molecular flexibility index (Phi) is 4.31. The molecule has 0 saturated carbocycles. The Balaban J connectivity index is 1.48. The van der Waals surface area contributed by atoms with E-state index in [1.54, 1.807) is 17.9 Å². The van der Waals surface area contributed by atoms with Crippen LogP contribution < -0.4 is 11.1 Å². The molecule has 1 aliphatic heterocycles. The van der Waals surface area contributed by atoms with Crippen molar-refractivity contribution in [2.75, 3.05) is 6.54 Å². The molecule has 0 spiro atoms. The van der Waals surface area contributed by atoms with Gasteiger partial charge in [-0.15, -0.1) is 0 Å². The van der Waals surface area contributed by atoms with Gasteiger partial charge in [-0.05, 0) is 25.5 Å². The summed E-state index contributed by atoms with van der Waals surface area (Å²) in [4.78, 5) is 52.6. The smallest absolute Gasteiger partial charge is 0.270 e. The summed E-state index contributed by atoms with van der Waals surface area (Å²) >= 11 is 0. The average Bonchev–Trinajstić information content (AvgIpc) is 2.65. The maximum absolute atomic E-state index is 12.6. The fourth-order valence-corrected chi connectivity index (χ4v) is 3.40. The Hall–Kier alpha value is -3.29. The third kappa shape index (κ3) is 3.38. The molecule has 8 heteroatoms. The van der Waals surface area contributed by atoms with E-state index in [0.717, 1.165) is 0 Å². The van der Waals surface area contributed by atoms with Crippen molar-refractivity contribution in [3.8, 4) is 0 Å². The van der Waals surface area contributed by atoms with E-state index in [1.807, 2.05) is 18.2 Å². The summed E-state index contributed by atoms with van der Waals surface area (Å²) in [5.41, 5.74) is 2.63. The second-order valence-electron chi connectivity index (χ2n) is 6.67. The molecule has 0 unspecified atom stereocenters. The average molecular weight is 365 g/mol. The van der Waals surface area contributed by atoms with Crippen LogP contribution in [-0.2, 0) is 24.2 Å². The van der Waals surface area contributed by atoms with Gasteiger partial charge in [-0.25, -0.2) is 9.97 Å². The van der Waals surface area contributed by atoms with E-state index >= 15 is 0 Å². The lowest BCUT2D eigenvalue weighted by atomic mass is 10.1. The lowest BCUT2D eigenvalue weighted by Crippen LogP contribution is -2.39. The highest BCUT2D eigenvalue weighted by atomic mass is 16.2. The van der Waals surface area contributed by atoms with Gasteiger partial charge in [-0.2, -0.15) is 0 Å². The van der Waals surface area contributed by atoms with Crippen molar-refractivity contribution in [1.29, 1.82) is 0 Å². The molecule has 3 heterocycles. The van der Waals surface area contributed by atoms with E-state index in [1.165, 1.54) is 0 Å². The number of aromatic amines is 2. The highest BCUT2D eigenvalue weighted by molar-refractivity contribution is 5.77. The fourth-order valence-electron chi connectivity index (χ4n) is 3.40. The second-order valence-corrected chi connectivity index (χ2v) is 6.67. The van der Waals surface area contributed by atoms with Gasteiger partial charge in [0, 0.05) is 24.9 Å². The molecule has 27 heavy (non-hydrogen) atoms. The number of hydrogen-bond acceptors (Lipinski definition) is 5. The predicted octanol–water partition coefficient (Wildman–Crippen LogP) is 0.832. The second kappa shape index (κ2) is 6.79. The van der Waals surface area contributed by atoms with Crippen LogP contribution in [-0.4, -0.2) is 37.3 Å². The minimum absolute atomic E-state index is 0.0743. The molecular weight excluding hydrogens is 346 g/mol. The van der Waals surface area contributed by atoms with Crippen molar-refractivity contribution < 1.29 is 4.79 Å². The van der Waals surface area contributed by atoms with Gasteiger partial charge in [0.25, 0.3) is 11.1 Å². The number of nitrogens with one attached hydrogen (secondary N) is 2. The van der Waals surface area contributed by atoms with Gasteiger partial charge in [0.1, 0.15) is 11.5 Å². The van der Waals surface area contributed by atoms with Crippen LogP contribution in [0.15, 0.2) is 33.9 Å². The van der Waals surface area contributed by atoms with Crippen molar-refractivity contribution in [1.82, 2.24) is 24.8 Å². The Morgan fingerprint density at radius 1 is 1.15 bits per heavy atom. The van der Waals surface area contributed by atoms with Gasteiger partial charge in [0.2, 0.25) is 5.91 Å². The number of para-hydroxylation sites is 2. The summed E-state index contributed by atoms with van der Waals surface area (Å²) < 4.78 is 0. The molecule has 2 aromatic heterocycles. The first-order valence-corrected chi connectivity index (χ1v) is 8.85. The number of carbonyl (C=O) groups excluding carboxylic acids is 1. The van der Waals surface area contributed by atoms with Crippen molar-refractivity contribution in [2.45, 2.75) is 32.7 Å². The number of benzene rings is 1. The SMILES string of the molecule is Cc1nc2c(c(=O)[nH]1)CCN(C(=O)CCc1nc3ccccc3[nH]c1=O)C2. The molecule has 0 atom stereocenters. The molecule has 8 nitrogen and oxygen atoms in total. The van der Waals surface area contributed by atoms with Crippen molar-refractivity contribution in [2.24, 2.45) is 0 Å². The molecule has 0 radical (unpaired) electrons. The summed E-state index contributed by atoms with van der Waals surface area (Å²) in [5.74, 6) is 0.467. The molecule has 138 valence electrons. The Morgan fingerprint density at radius 2 is 1.96 bits per heavy atom. The predicted molar refractivity (Wildman–Crippen MR) is 99.4 cm³/mol. The zero-order valence-corrected chi connectivity index (χ0v) is 14.9. The first-order chi connectivity index (χ1) is 13.0. The van der Waals surface area contributed by atoms with E-state index in [2.05, 4.69) is 19.9 Å². The van der Waals surface area contributed by atoms with Crippen LogP contribution in [0, 0.1) is 6.92 Å². The number of hydrogen-bond donors (Lipinski definition) is 2. The molecule has 3 aromatic rings. The van der Waals surface area contributed by atoms with E-state index < -0.39 is 0 Å². The summed E-state index contributed by atoms with van der Waals surface area (Å²) in [5, 5.41) is 0. The van der Waals surface area contributed by atoms with Gasteiger partial charge in [-0.1, -0.05) is 12.1 Å². The monoisotopic (exact) mass is 365 g/mol. The highest BCUT2D eigenvalue weighted by Gasteiger charge is 2.24. The lowest BCUT2D eigenvalue weighted by molar-refractivity contribution is -0.132. The van der Waals surface area contributed by atoms with Crippen LogP contribution in [0.5, 0.6) is 0 Å². The van der Waals surface area contributed by atoms with Gasteiger partial charge < -0.3 is 14.9 Å². The molecule has 2 N–H and O–H groups in total. The van der Waals surface area contributed by atoms with E-state index in [4.69, 9.17) is 0 Å². The number of rotatable bonds is 3. The third-order valence-electron chi connectivity index (χ3n) is 4.79. The van der Waals surface area contributed by atoms with Crippen LogP contribution in [0.25, 0.3) is 11.0 Å². The first-order valence-electron chi connectivity index (χ1n) is 8.85. The van der Waals surface area contributed by atoms with Crippen LogP contribution >= 0.6 is 0 Å². The number of H-pyrrole nitrogens is 2. The first kappa shape index (κ1) is 17.1. The Bertz CT molecular complexity index is 1150. The topological polar surface area (TPSA) is 112 Å². The minimum Gasteiger partial charge on any atom is -0.336 e. The molecule has 4 rings (SSSR count). The Labute approximate surface area is 154 Å². The van der Waals surface area contributed by atoms with E-state index in [-0.39, 0.29) is 29.9 Å². The highest BCUT2D eigenvalue weighted by Crippen LogP contribution is 2.15. The zero-order valence-electron chi connectivity index (χ0n) is 14.9. The molecule has 0 bridgehead atoms.